The highest BCUT2D eigenvalue weighted by atomic mass is 32.2. The molecule has 1 aliphatic heterocycles. The third-order valence-corrected chi connectivity index (χ3v) is 3.74. The van der Waals surface area contributed by atoms with Crippen LogP contribution in [0.4, 0.5) is 0 Å². The van der Waals surface area contributed by atoms with Crippen molar-refractivity contribution in [1.82, 2.24) is 9.78 Å². The van der Waals surface area contributed by atoms with Gasteiger partial charge in [-0.15, -0.1) is 0 Å². The first-order valence-electron chi connectivity index (χ1n) is 5.72. The van der Waals surface area contributed by atoms with Gasteiger partial charge in [-0.3, -0.25) is 4.68 Å². The molecule has 0 amide bonds. The van der Waals surface area contributed by atoms with Crippen LogP contribution in [0.2, 0.25) is 0 Å². The smallest absolute Gasteiger partial charge is 0.241 e. The largest absolute Gasteiger partial charge is 0.378 e. The molecule has 2 heterocycles. The highest BCUT2D eigenvalue weighted by Gasteiger charge is 2.15. The predicted octanol–water partition coefficient (Wildman–Crippen LogP) is 0.490. The van der Waals surface area contributed by atoms with Crippen molar-refractivity contribution in [3.8, 4) is 0 Å². The Bertz CT molecular complexity index is 463. The molecule has 0 spiro atoms. The zero-order valence-corrected chi connectivity index (χ0v) is 10.4. The fraction of sp³-hybridized carbons (Fsp3) is 0.700. The summed E-state index contributed by atoms with van der Waals surface area (Å²) in [4.78, 5) is 0.0645. The molecule has 0 radical (unpaired) electrons. The molecule has 2 N–H and O–H groups in total. The minimum Gasteiger partial charge on any atom is -0.378 e. The summed E-state index contributed by atoms with van der Waals surface area (Å²) in [5.74, 6) is 0. The third-order valence-electron chi connectivity index (χ3n) is 2.88. The SMILES string of the molecule is NS(=O)(=O)c1cnn(CCCC2CCCO2)c1. The van der Waals surface area contributed by atoms with Gasteiger partial charge in [0.05, 0.1) is 12.3 Å². The summed E-state index contributed by atoms with van der Waals surface area (Å²) in [5, 5.41) is 8.96. The Morgan fingerprint density at radius 1 is 1.59 bits per heavy atom. The van der Waals surface area contributed by atoms with E-state index in [9.17, 15) is 8.42 Å². The first kappa shape index (κ1) is 12.5. The Balaban J connectivity index is 1.81. The lowest BCUT2D eigenvalue weighted by Crippen LogP contribution is -2.11. The van der Waals surface area contributed by atoms with Gasteiger partial charge in [0.1, 0.15) is 4.90 Å². The van der Waals surface area contributed by atoms with E-state index in [1.807, 2.05) is 0 Å². The Morgan fingerprint density at radius 3 is 3.00 bits per heavy atom. The highest BCUT2D eigenvalue weighted by molar-refractivity contribution is 7.89. The number of sulfonamides is 1. The lowest BCUT2D eigenvalue weighted by molar-refractivity contribution is 0.101. The van der Waals surface area contributed by atoms with Crippen LogP contribution in [0.15, 0.2) is 17.3 Å². The molecule has 1 atom stereocenters. The molecule has 0 bridgehead atoms. The van der Waals surface area contributed by atoms with Crippen molar-refractivity contribution >= 4 is 10.0 Å². The van der Waals surface area contributed by atoms with E-state index in [1.165, 1.54) is 12.4 Å². The molecule has 0 aromatic carbocycles. The number of rotatable bonds is 5. The molecular weight excluding hydrogens is 242 g/mol. The van der Waals surface area contributed by atoms with Crippen LogP contribution >= 0.6 is 0 Å². The van der Waals surface area contributed by atoms with Crippen LogP contribution in [0.3, 0.4) is 0 Å². The first-order chi connectivity index (χ1) is 8.05. The Kier molecular flexibility index (Phi) is 3.80. The summed E-state index contributed by atoms with van der Waals surface area (Å²) >= 11 is 0. The van der Waals surface area contributed by atoms with Gasteiger partial charge in [-0.1, -0.05) is 0 Å². The van der Waals surface area contributed by atoms with E-state index in [4.69, 9.17) is 9.88 Å². The van der Waals surface area contributed by atoms with Crippen molar-refractivity contribution in [1.29, 1.82) is 0 Å². The monoisotopic (exact) mass is 259 g/mol. The van der Waals surface area contributed by atoms with Crippen LogP contribution in [-0.4, -0.2) is 30.9 Å². The quantitative estimate of drug-likeness (QED) is 0.833. The molecule has 96 valence electrons. The number of primary sulfonamides is 1. The summed E-state index contributed by atoms with van der Waals surface area (Å²) < 4.78 is 29.2. The fourth-order valence-corrected chi connectivity index (χ4v) is 2.43. The molecule has 2 rings (SSSR count). The Morgan fingerprint density at radius 2 is 2.41 bits per heavy atom. The third kappa shape index (κ3) is 3.52. The zero-order chi connectivity index (χ0) is 12.3. The second kappa shape index (κ2) is 5.16. The second-order valence-corrected chi connectivity index (χ2v) is 5.82. The predicted molar refractivity (Wildman–Crippen MR) is 61.8 cm³/mol. The van der Waals surface area contributed by atoms with Gasteiger partial charge in [-0.2, -0.15) is 5.10 Å². The molecule has 6 nitrogen and oxygen atoms in total. The number of hydrogen-bond acceptors (Lipinski definition) is 4. The van der Waals surface area contributed by atoms with Crippen molar-refractivity contribution in [2.45, 2.75) is 43.2 Å². The number of aryl methyl sites for hydroxylation is 1. The maximum atomic E-state index is 11.0. The Hall–Kier alpha value is -0.920. The Labute approximate surface area is 101 Å². The summed E-state index contributed by atoms with van der Waals surface area (Å²) in [6.45, 7) is 1.55. The van der Waals surface area contributed by atoms with Crippen molar-refractivity contribution < 1.29 is 13.2 Å². The van der Waals surface area contributed by atoms with Crippen LogP contribution in [0.25, 0.3) is 0 Å². The van der Waals surface area contributed by atoms with Crippen molar-refractivity contribution in [3.63, 3.8) is 0 Å². The van der Waals surface area contributed by atoms with Crippen LogP contribution in [-0.2, 0) is 21.3 Å². The van der Waals surface area contributed by atoms with Gasteiger partial charge >= 0.3 is 0 Å². The van der Waals surface area contributed by atoms with Crippen LogP contribution in [0, 0.1) is 0 Å². The molecule has 0 aliphatic carbocycles. The lowest BCUT2D eigenvalue weighted by Gasteiger charge is -2.08. The van der Waals surface area contributed by atoms with Crippen molar-refractivity contribution in [2.24, 2.45) is 5.14 Å². The van der Waals surface area contributed by atoms with E-state index in [0.29, 0.717) is 12.6 Å². The molecule has 1 aromatic heterocycles. The number of hydrogen-bond donors (Lipinski definition) is 1. The highest BCUT2D eigenvalue weighted by Crippen LogP contribution is 2.17. The van der Waals surface area contributed by atoms with Crippen LogP contribution in [0.1, 0.15) is 25.7 Å². The molecule has 1 aliphatic rings. The fourth-order valence-electron chi connectivity index (χ4n) is 1.97. The van der Waals surface area contributed by atoms with Gasteiger partial charge < -0.3 is 4.74 Å². The van der Waals surface area contributed by atoms with E-state index in [0.717, 1.165) is 32.3 Å². The topological polar surface area (TPSA) is 87.2 Å². The normalized spacial score (nSPS) is 20.9. The van der Waals surface area contributed by atoms with E-state index in [2.05, 4.69) is 5.10 Å². The number of aromatic nitrogens is 2. The first-order valence-corrected chi connectivity index (χ1v) is 7.27. The van der Waals surface area contributed by atoms with Gasteiger partial charge in [0.25, 0.3) is 0 Å². The van der Waals surface area contributed by atoms with E-state index in [-0.39, 0.29) is 4.90 Å². The summed E-state index contributed by atoms with van der Waals surface area (Å²) in [6, 6.07) is 0. The molecule has 1 unspecified atom stereocenters. The summed E-state index contributed by atoms with van der Waals surface area (Å²) in [5.41, 5.74) is 0. The summed E-state index contributed by atoms with van der Waals surface area (Å²) in [7, 11) is -3.63. The van der Waals surface area contributed by atoms with Crippen LogP contribution < -0.4 is 5.14 Å². The minimum absolute atomic E-state index is 0.0645. The lowest BCUT2D eigenvalue weighted by atomic mass is 10.1. The number of ether oxygens (including phenoxy) is 1. The number of nitrogens with zero attached hydrogens (tertiary/aromatic N) is 2. The maximum Gasteiger partial charge on any atom is 0.241 e. The minimum atomic E-state index is -3.63. The molecular formula is C10H17N3O3S. The maximum absolute atomic E-state index is 11.0. The molecule has 7 heteroatoms. The van der Waals surface area contributed by atoms with Crippen molar-refractivity contribution in [2.75, 3.05) is 6.61 Å². The molecule has 17 heavy (non-hydrogen) atoms. The molecule has 1 aromatic rings. The van der Waals surface area contributed by atoms with E-state index >= 15 is 0 Å². The van der Waals surface area contributed by atoms with Gasteiger partial charge in [0, 0.05) is 19.3 Å². The average molecular weight is 259 g/mol. The average Bonchev–Trinajstić information content (AvgIpc) is 2.86. The number of nitrogens with two attached hydrogens (primary N) is 1. The van der Waals surface area contributed by atoms with Gasteiger partial charge in [-0.25, -0.2) is 13.6 Å². The van der Waals surface area contributed by atoms with E-state index in [1.54, 1.807) is 4.68 Å². The standard InChI is InChI=1S/C10H17N3O3S/c11-17(14,15)10-7-12-13(8-10)5-1-3-9-4-2-6-16-9/h7-9H,1-6H2,(H2,11,14,15). The molecule has 0 saturated carbocycles. The zero-order valence-electron chi connectivity index (χ0n) is 9.58. The van der Waals surface area contributed by atoms with Crippen LogP contribution in [0.5, 0.6) is 0 Å². The van der Waals surface area contributed by atoms with Crippen molar-refractivity contribution in [3.05, 3.63) is 12.4 Å². The van der Waals surface area contributed by atoms with Gasteiger partial charge in [0.15, 0.2) is 0 Å². The summed E-state index contributed by atoms with van der Waals surface area (Å²) in [6.07, 6.45) is 7.29. The van der Waals surface area contributed by atoms with Gasteiger partial charge in [-0.05, 0) is 25.7 Å². The molecule has 1 fully saturated rings. The second-order valence-electron chi connectivity index (χ2n) is 4.26. The van der Waals surface area contributed by atoms with E-state index < -0.39 is 10.0 Å². The molecule has 1 saturated heterocycles. The van der Waals surface area contributed by atoms with Gasteiger partial charge in [0.2, 0.25) is 10.0 Å².